The van der Waals surface area contributed by atoms with Crippen molar-refractivity contribution in [2.24, 2.45) is 0 Å². The molecule has 3 aromatic rings. The molecule has 2 unspecified atom stereocenters. The molecule has 0 bridgehead atoms. The van der Waals surface area contributed by atoms with Crippen LogP contribution in [0.3, 0.4) is 0 Å². The molecule has 242 valence electrons. The number of likely N-dealkylation sites (tertiary alicyclic amines) is 2. The number of nitrogens with zero attached hydrogens (tertiary/aromatic N) is 3. The average molecular weight is 671 g/mol. The van der Waals surface area contributed by atoms with E-state index < -0.39 is 5.41 Å². The highest BCUT2D eigenvalue weighted by molar-refractivity contribution is 6.42. The second kappa shape index (κ2) is 16.4. The summed E-state index contributed by atoms with van der Waals surface area (Å²) in [6.45, 7) is 8.81. The summed E-state index contributed by atoms with van der Waals surface area (Å²) in [6.07, 6.45) is 5.48. The van der Waals surface area contributed by atoms with Gasteiger partial charge in [0, 0.05) is 37.8 Å². The summed E-state index contributed by atoms with van der Waals surface area (Å²) >= 11 is 13.0. The average Bonchev–Trinajstić information content (AvgIpc) is 3.08. The fourth-order valence-corrected chi connectivity index (χ4v) is 7.59. The van der Waals surface area contributed by atoms with Gasteiger partial charge in [-0.2, -0.15) is 0 Å². The van der Waals surface area contributed by atoms with E-state index in [2.05, 4.69) is 41.8 Å². The Hall–Kier alpha value is -2.41. The maximum atomic E-state index is 14.2. The van der Waals surface area contributed by atoms with Gasteiger partial charge in [0.25, 0.3) is 0 Å². The zero-order valence-corrected chi connectivity index (χ0v) is 28.8. The Bertz CT molecular complexity index is 1390. The molecular weight excluding hydrogens is 625 g/mol. The Labute approximate surface area is 285 Å². The van der Waals surface area contributed by atoms with E-state index in [1.54, 1.807) is 0 Å². The van der Waals surface area contributed by atoms with Gasteiger partial charge in [0.2, 0.25) is 5.91 Å². The molecule has 1 amide bonds. The summed E-state index contributed by atoms with van der Waals surface area (Å²) in [5.74, 6) is 0.384. The summed E-state index contributed by atoms with van der Waals surface area (Å²) in [5, 5.41) is 1.04. The molecule has 2 fully saturated rings. The van der Waals surface area contributed by atoms with Crippen molar-refractivity contribution < 1.29 is 9.59 Å². The highest BCUT2D eigenvalue weighted by Crippen LogP contribution is 2.42. The van der Waals surface area contributed by atoms with Gasteiger partial charge in [-0.15, -0.1) is 12.4 Å². The molecule has 2 saturated heterocycles. The van der Waals surface area contributed by atoms with Gasteiger partial charge in [0.15, 0.2) is 5.78 Å². The van der Waals surface area contributed by atoms with Crippen molar-refractivity contribution in [1.82, 2.24) is 14.7 Å². The highest BCUT2D eigenvalue weighted by Gasteiger charge is 2.46. The Balaban J connectivity index is 0.00000461. The van der Waals surface area contributed by atoms with Crippen LogP contribution in [-0.2, 0) is 10.2 Å². The van der Waals surface area contributed by atoms with E-state index in [1.807, 2.05) is 65.6 Å². The van der Waals surface area contributed by atoms with Crippen LogP contribution in [-0.4, -0.2) is 71.7 Å². The van der Waals surface area contributed by atoms with Crippen molar-refractivity contribution in [3.8, 4) is 0 Å². The Morgan fingerprint density at radius 3 is 1.96 bits per heavy atom. The van der Waals surface area contributed by atoms with Crippen LogP contribution in [0.4, 0.5) is 0 Å². The standard InChI is InChI=1S/C37H45Cl2N3O2.ClH/c1-3-40(4-2)36(44)37(30-16-10-6-11-17-30)20-24-42(25-21-37)33(29-18-19-31(38)32(39)26-29)27-34(41-22-12-7-13-23-41)35(43)28-14-8-5-9-15-28;/h5-6,8-11,14-19,26,33-34H,3-4,7,12-13,20-25,27H2,1-2H3;1H. The van der Waals surface area contributed by atoms with Crippen molar-refractivity contribution in [3.63, 3.8) is 0 Å². The number of amides is 1. The summed E-state index contributed by atoms with van der Waals surface area (Å²) in [5.41, 5.74) is 2.33. The molecule has 5 nitrogen and oxygen atoms in total. The lowest BCUT2D eigenvalue weighted by atomic mass is 9.71. The first-order valence-electron chi connectivity index (χ1n) is 16.2. The van der Waals surface area contributed by atoms with Crippen molar-refractivity contribution in [2.75, 3.05) is 39.3 Å². The number of carbonyl (C=O) groups is 2. The fraction of sp³-hybridized carbons (Fsp3) is 0.459. The summed E-state index contributed by atoms with van der Waals surface area (Å²) in [6, 6.07) is 25.6. The van der Waals surface area contributed by atoms with Gasteiger partial charge in [-0.05, 0) is 82.3 Å². The molecule has 0 aromatic heterocycles. The van der Waals surface area contributed by atoms with Crippen molar-refractivity contribution in [3.05, 3.63) is 106 Å². The molecule has 0 spiro atoms. The predicted octanol–water partition coefficient (Wildman–Crippen LogP) is 8.49. The smallest absolute Gasteiger partial charge is 0.233 e. The topological polar surface area (TPSA) is 43.9 Å². The Morgan fingerprint density at radius 1 is 0.778 bits per heavy atom. The molecule has 45 heavy (non-hydrogen) atoms. The van der Waals surface area contributed by atoms with Gasteiger partial charge in [-0.1, -0.05) is 96.4 Å². The molecule has 8 heteroatoms. The molecular formula is C37H46Cl3N3O2. The van der Waals surface area contributed by atoms with E-state index in [9.17, 15) is 9.59 Å². The molecule has 5 rings (SSSR count). The first kappa shape index (κ1) is 35.4. The number of Topliss-reactive ketones (excluding diaryl/α,β-unsaturated/α-hetero) is 1. The van der Waals surface area contributed by atoms with Crippen molar-refractivity contribution >= 4 is 47.3 Å². The third-order valence-corrected chi connectivity index (χ3v) is 10.6. The fourth-order valence-electron chi connectivity index (χ4n) is 7.29. The van der Waals surface area contributed by atoms with Gasteiger partial charge in [-0.25, -0.2) is 0 Å². The predicted molar refractivity (Wildman–Crippen MR) is 188 cm³/mol. The summed E-state index contributed by atoms with van der Waals surface area (Å²) < 4.78 is 0. The Morgan fingerprint density at radius 2 is 1.38 bits per heavy atom. The van der Waals surface area contributed by atoms with Crippen LogP contribution in [0.2, 0.25) is 10.0 Å². The number of likely N-dealkylation sites (N-methyl/N-ethyl adjacent to an activating group) is 1. The molecule has 2 aliphatic heterocycles. The Kier molecular flexibility index (Phi) is 12.9. The molecule has 0 aliphatic carbocycles. The van der Waals surface area contributed by atoms with Crippen LogP contribution < -0.4 is 0 Å². The molecule has 0 saturated carbocycles. The molecule has 0 radical (unpaired) electrons. The second-order valence-corrected chi connectivity index (χ2v) is 13.0. The number of benzene rings is 3. The lowest BCUT2D eigenvalue weighted by Gasteiger charge is -2.46. The second-order valence-electron chi connectivity index (χ2n) is 12.2. The van der Waals surface area contributed by atoms with E-state index in [0.29, 0.717) is 42.4 Å². The number of rotatable bonds is 11. The molecule has 3 aromatic carbocycles. The van der Waals surface area contributed by atoms with Gasteiger partial charge >= 0.3 is 0 Å². The van der Waals surface area contributed by atoms with Crippen LogP contribution in [0.25, 0.3) is 0 Å². The maximum Gasteiger partial charge on any atom is 0.233 e. The normalized spacial score (nSPS) is 18.4. The third-order valence-electron chi connectivity index (χ3n) is 9.85. The van der Waals surface area contributed by atoms with Crippen LogP contribution in [0, 0.1) is 0 Å². The molecule has 2 heterocycles. The number of hydrogen-bond acceptors (Lipinski definition) is 4. The third kappa shape index (κ3) is 7.94. The monoisotopic (exact) mass is 669 g/mol. The summed E-state index contributed by atoms with van der Waals surface area (Å²) in [7, 11) is 0. The minimum atomic E-state index is -0.571. The minimum Gasteiger partial charge on any atom is -0.342 e. The highest BCUT2D eigenvalue weighted by atomic mass is 35.5. The first-order chi connectivity index (χ1) is 21.4. The minimum absolute atomic E-state index is 0. The van der Waals surface area contributed by atoms with E-state index in [1.165, 1.54) is 6.42 Å². The number of carbonyl (C=O) groups excluding carboxylic acids is 2. The zero-order valence-electron chi connectivity index (χ0n) is 26.5. The van der Waals surface area contributed by atoms with Crippen molar-refractivity contribution in [2.45, 2.75) is 69.9 Å². The number of halogens is 3. The molecule has 0 N–H and O–H groups in total. The van der Waals surface area contributed by atoms with E-state index in [0.717, 1.165) is 55.7 Å². The lowest BCUT2D eigenvalue weighted by Crippen LogP contribution is -2.54. The largest absolute Gasteiger partial charge is 0.342 e. The number of hydrogen-bond donors (Lipinski definition) is 0. The zero-order chi connectivity index (χ0) is 31.1. The first-order valence-corrected chi connectivity index (χ1v) is 17.0. The molecule has 2 atom stereocenters. The SMILES string of the molecule is CCN(CC)C(=O)C1(c2ccccc2)CCN(C(CC(C(=O)c2ccccc2)N2CCCCC2)c2ccc(Cl)c(Cl)c2)CC1.Cl. The van der Waals surface area contributed by atoms with Crippen LogP contribution in [0.5, 0.6) is 0 Å². The van der Waals surface area contributed by atoms with E-state index in [4.69, 9.17) is 23.2 Å². The summed E-state index contributed by atoms with van der Waals surface area (Å²) in [4.78, 5) is 35.2. The lowest BCUT2D eigenvalue weighted by molar-refractivity contribution is -0.139. The van der Waals surface area contributed by atoms with E-state index >= 15 is 0 Å². The van der Waals surface area contributed by atoms with Crippen LogP contribution in [0.1, 0.15) is 79.9 Å². The maximum absolute atomic E-state index is 14.2. The van der Waals surface area contributed by atoms with Gasteiger partial charge in [0.1, 0.15) is 0 Å². The van der Waals surface area contributed by atoms with Crippen LogP contribution >= 0.6 is 35.6 Å². The molecule has 2 aliphatic rings. The van der Waals surface area contributed by atoms with Gasteiger partial charge < -0.3 is 4.90 Å². The van der Waals surface area contributed by atoms with Gasteiger partial charge in [-0.3, -0.25) is 19.4 Å². The number of piperidine rings is 2. The van der Waals surface area contributed by atoms with E-state index in [-0.39, 0.29) is 36.2 Å². The number of ketones is 1. The quantitative estimate of drug-likeness (QED) is 0.192. The van der Waals surface area contributed by atoms with Crippen LogP contribution in [0.15, 0.2) is 78.9 Å². The van der Waals surface area contributed by atoms with Gasteiger partial charge in [0.05, 0.1) is 21.5 Å². The van der Waals surface area contributed by atoms with Crippen molar-refractivity contribution in [1.29, 1.82) is 0 Å².